The van der Waals surface area contributed by atoms with Gasteiger partial charge in [-0.05, 0) is 12.1 Å². The van der Waals surface area contributed by atoms with Gasteiger partial charge in [0.05, 0.1) is 12.3 Å². The number of hydrogen-bond donors (Lipinski definition) is 1. The van der Waals surface area contributed by atoms with Gasteiger partial charge < -0.3 is 14.2 Å². The highest BCUT2D eigenvalue weighted by atomic mass is 16.5. The molecule has 0 aliphatic carbocycles. The molecule has 9 nitrogen and oxygen atoms in total. The van der Waals surface area contributed by atoms with Gasteiger partial charge in [0, 0.05) is 29.7 Å². The van der Waals surface area contributed by atoms with Crippen molar-refractivity contribution in [2.75, 3.05) is 0 Å². The molecule has 0 saturated heterocycles. The van der Waals surface area contributed by atoms with Crippen molar-refractivity contribution < 1.29 is 9.63 Å². The lowest BCUT2D eigenvalue weighted by Crippen LogP contribution is -2.22. The highest BCUT2D eigenvalue weighted by Crippen LogP contribution is 2.24. The molecule has 0 spiro atoms. The van der Waals surface area contributed by atoms with Crippen LogP contribution in [0.5, 0.6) is 0 Å². The molecule has 0 atom stereocenters. The minimum absolute atomic E-state index is 0.0892. The molecule has 0 unspecified atom stereocenters. The molecule has 5 aromatic rings. The molecule has 1 aromatic carbocycles. The average Bonchev–Trinajstić information content (AvgIpc) is 3.42. The average molecular weight is 400 g/mol. The first-order valence-corrected chi connectivity index (χ1v) is 9.25. The van der Waals surface area contributed by atoms with Crippen LogP contribution in [0, 0.1) is 0 Å². The monoisotopic (exact) mass is 400 g/mol. The fraction of sp³-hybridized carbons (Fsp3) is 0.0952. The maximum atomic E-state index is 13.1. The summed E-state index contributed by atoms with van der Waals surface area (Å²) in [6.07, 6.45) is 4.91. The van der Waals surface area contributed by atoms with Gasteiger partial charge in [-0.2, -0.15) is 10.1 Å². The Morgan fingerprint density at radius 3 is 2.63 bits per heavy atom. The molecule has 5 rings (SSSR count). The van der Waals surface area contributed by atoms with E-state index in [4.69, 9.17) is 4.52 Å². The number of hydrogen-bond acceptors (Lipinski definition) is 7. The predicted molar refractivity (Wildman–Crippen MR) is 107 cm³/mol. The lowest BCUT2D eigenvalue weighted by Gasteiger charge is -2.03. The van der Waals surface area contributed by atoms with E-state index in [1.165, 1.54) is 9.08 Å². The number of fused-ring (bicyclic) bond motifs is 1. The van der Waals surface area contributed by atoms with E-state index in [1.807, 2.05) is 36.4 Å². The molecular weight excluding hydrogens is 384 g/mol. The first-order valence-electron chi connectivity index (χ1n) is 9.25. The minimum atomic E-state index is -0.311. The van der Waals surface area contributed by atoms with Crippen molar-refractivity contribution in [3.63, 3.8) is 0 Å². The Hall–Kier alpha value is -4.11. The van der Waals surface area contributed by atoms with Crippen LogP contribution in [0.1, 0.15) is 11.5 Å². The zero-order chi connectivity index (χ0) is 20.5. The summed E-state index contributed by atoms with van der Waals surface area (Å²) >= 11 is 0. The molecule has 9 heteroatoms. The van der Waals surface area contributed by atoms with Gasteiger partial charge >= 0.3 is 0 Å². The molecule has 4 aromatic heterocycles. The van der Waals surface area contributed by atoms with Crippen LogP contribution in [0.25, 0.3) is 28.3 Å². The van der Waals surface area contributed by atoms with Crippen molar-refractivity contribution >= 4 is 5.52 Å². The summed E-state index contributed by atoms with van der Waals surface area (Å²) in [4.78, 5) is 21.6. The van der Waals surface area contributed by atoms with E-state index in [9.17, 15) is 9.90 Å². The Morgan fingerprint density at radius 2 is 1.87 bits per heavy atom. The van der Waals surface area contributed by atoms with E-state index in [0.717, 1.165) is 5.56 Å². The van der Waals surface area contributed by atoms with E-state index in [1.54, 1.807) is 30.7 Å². The van der Waals surface area contributed by atoms with Gasteiger partial charge in [0.15, 0.2) is 0 Å². The van der Waals surface area contributed by atoms with Crippen molar-refractivity contribution in [2.24, 2.45) is 0 Å². The third-order valence-corrected chi connectivity index (χ3v) is 4.73. The van der Waals surface area contributed by atoms with Crippen LogP contribution in [0.2, 0.25) is 0 Å². The molecule has 30 heavy (non-hydrogen) atoms. The summed E-state index contributed by atoms with van der Waals surface area (Å²) in [6.45, 7) is -0.219. The van der Waals surface area contributed by atoms with Crippen LogP contribution >= 0.6 is 0 Å². The van der Waals surface area contributed by atoms with E-state index in [2.05, 4.69) is 20.2 Å². The smallest absolute Gasteiger partial charge is 0.277 e. The van der Waals surface area contributed by atoms with E-state index in [0.29, 0.717) is 28.3 Å². The molecule has 148 valence electrons. The van der Waals surface area contributed by atoms with Crippen LogP contribution in [0.3, 0.4) is 0 Å². The number of nitrogens with zero attached hydrogens (tertiary/aromatic N) is 6. The molecule has 0 bridgehead atoms. The number of aliphatic hydroxyl groups is 1. The largest absolute Gasteiger partial charge is 0.392 e. The normalized spacial score (nSPS) is 11.2. The van der Waals surface area contributed by atoms with Gasteiger partial charge in [-0.3, -0.25) is 9.78 Å². The standard InChI is InChI=1S/C21H16N6O3/c28-13-15-18(14-6-2-1-3-7-14)24-27-11-10-26(21(29)19(15)27)12-17-23-20(25-30-17)16-8-4-5-9-22-16/h1-11,28H,12-13H2. The van der Waals surface area contributed by atoms with Crippen LogP contribution in [0.15, 0.2) is 76.4 Å². The van der Waals surface area contributed by atoms with Gasteiger partial charge in [0.25, 0.3) is 5.56 Å². The zero-order valence-corrected chi connectivity index (χ0v) is 15.7. The molecule has 0 saturated carbocycles. The lowest BCUT2D eigenvalue weighted by atomic mass is 10.1. The SMILES string of the molecule is O=c1c2c(CO)c(-c3ccccc3)nn2ccn1Cc1nc(-c2ccccn2)no1. The highest BCUT2D eigenvalue weighted by Gasteiger charge is 2.18. The number of aliphatic hydroxyl groups excluding tert-OH is 1. The third-order valence-electron chi connectivity index (χ3n) is 4.73. The first kappa shape index (κ1) is 18.0. The fourth-order valence-electron chi connectivity index (χ4n) is 3.32. The third kappa shape index (κ3) is 3.07. The lowest BCUT2D eigenvalue weighted by molar-refractivity contribution is 0.283. The Morgan fingerprint density at radius 1 is 1.03 bits per heavy atom. The molecular formula is C21H16N6O3. The van der Waals surface area contributed by atoms with Gasteiger partial charge in [0.2, 0.25) is 11.7 Å². The van der Waals surface area contributed by atoms with Crippen LogP contribution in [-0.2, 0) is 13.2 Å². The highest BCUT2D eigenvalue weighted by molar-refractivity contribution is 5.72. The molecule has 0 fully saturated rings. The second-order valence-electron chi connectivity index (χ2n) is 6.60. The quantitative estimate of drug-likeness (QED) is 0.481. The zero-order valence-electron chi connectivity index (χ0n) is 15.7. The Bertz CT molecular complexity index is 1370. The summed E-state index contributed by atoms with van der Waals surface area (Å²) in [7, 11) is 0. The molecule has 0 aliphatic rings. The maximum absolute atomic E-state index is 13.1. The van der Waals surface area contributed by atoms with Gasteiger partial charge in [-0.1, -0.05) is 41.6 Å². The van der Waals surface area contributed by atoms with E-state index in [-0.39, 0.29) is 24.6 Å². The second-order valence-corrected chi connectivity index (χ2v) is 6.60. The van der Waals surface area contributed by atoms with Gasteiger partial charge in [-0.25, -0.2) is 4.52 Å². The summed E-state index contributed by atoms with van der Waals surface area (Å²) in [5.41, 5.74) is 2.45. The molecule has 0 radical (unpaired) electrons. The first-order chi connectivity index (χ1) is 14.7. The van der Waals surface area contributed by atoms with Crippen molar-refractivity contribution in [3.05, 3.63) is 88.9 Å². The van der Waals surface area contributed by atoms with Crippen molar-refractivity contribution in [3.8, 4) is 22.8 Å². The summed E-state index contributed by atoms with van der Waals surface area (Å²) in [6, 6.07) is 14.8. The Kier molecular flexibility index (Phi) is 4.41. The van der Waals surface area contributed by atoms with Crippen LogP contribution in [0.4, 0.5) is 0 Å². The van der Waals surface area contributed by atoms with E-state index >= 15 is 0 Å². The topological polar surface area (TPSA) is 111 Å². The molecule has 4 heterocycles. The number of pyridine rings is 1. The minimum Gasteiger partial charge on any atom is -0.392 e. The maximum Gasteiger partial charge on any atom is 0.277 e. The van der Waals surface area contributed by atoms with Gasteiger partial charge in [-0.15, -0.1) is 0 Å². The number of benzene rings is 1. The summed E-state index contributed by atoms with van der Waals surface area (Å²) < 4.78 is 8.22. The van der Waals surface area contributed by atoms with Crippen molar-refractivity contribution in [2.45, 2.75) is 13.2 Å². The van der Waals surface area contributed by atoms with Crippen molar-refractivity contribution in [1.29, 1.82) is 0 Å². The summed E-state index contributed by atoms with van der Waals surface area (Å²) in [5.74, 6) is 0.627. The van der Waals surface area contributed by atoms with Gasteiger partial charge in [0.1, 0.15) is 17.8 Å². The molecule has 1 N–H and O–H groups in total. The molecule has 0 aliphatic heterocycles. The predicted octanol–water partition coefficient (Wildman–Crippen LogP) is 2.15. The Balaban J connectivity index is 1.54. The van der Waals surface area contributed by atoms with Crippen LogP contribution < -0.4 is 5.56 Å². The van der Waals surface area contributed by atoms with Crippen molar-refractivity contribution in [1.82, 2.24) is 29.3 Å². The second kappa shape index (κ2) is 7.37. The number of aromatic nitrogens is 6. The van der Waals surface area contributed by atoms with Crippen LogP contribution in [-0.4, -0.2) is 34.4 Å². The summed E-state index contributed by atoms with van der Waals surface area (Å²) in [5, 5.41) is 18.4. The fourth-order valence-corrected chi connectivity index (χ4v) is 3.32. The molecule has 0 amide bonds. The number of rotatable bonds is 5. The Labute approximate surface area is 169 Å². The van der Waals surface area contributed by atoms with E-state index < -0.39 is 0 Å².